The maximum Gasteiger partial charge on any atom is 0.243 e. The highest BCUT2D eigenvalue weighted by Crippen LogP contribution is 2.30. The first-order valence-electron chi connectivity index (χ1n) is 7.15. The van der Waals surface area contributed by atoms with Crippen LogP contribution in [0.1, 0.15) is 30.3 Å². The van der Waals surface area contributed by atoms with Gasteiger partial charge in [-0.2, -0.15) is 4.31 Å². The van der Waals surface area contributed by atoms with Crippen molar-refractivity contribution in [1.82, 2.24) is 19.3 Å². The molecule has 0 radical (unpaired) electrons. The van der Waals surface area contributed by atoms with Crippen LogP contribution in [0.15, 0.2) is 29.3 Å². The number of sulfonamides is 1. The monoisotopic (exact) mass is 356 g/mol. The van der Waals surface area contributed by atoms with Crippen molar-refractivity contribution < 1.29 is 13.5 Å². The number of rotatable bonds is 4. The predicted octanol–water partition coefficient (Wildman–Crippen LogP) is 1.54. The van der Waals surface area contributed by atoms with E-state index in [9.17, 15) is 13.5 Å². The van der Waals surface area contributed by atoms with Gasteiger partial charge in [-0.1, -0.05) is 16.8 Å². The van der Waals surface area contributed by atoms with Gasteiger partial charge >= 0.3 is 0 Å². The van der Waals surface area contributed by atoms with E-state index in [4.69, 9.17) is 11.6 Å². The van der Waals surface area contributed by atoms with Crippen LogP contribution in [0.2, 0.25) is 5.02 Å². The zero-order chi connectivity index (χ0) is 16.8. The molecule has 1 aliphatic rings. The van der Waals surface area contributed by atoms with E-state index in [1.165, 1.54) is 10.4 Å². The molecule has 1 aromatic heterocycles. The minimum absolute atomic E-state index is 0.0719. The standard InChI is InChI=1S/C14H17ClN4O3S/c1-9-5-11(15)3-4-14(9)23(21,22)18-6-12(7-18)19-8-13(10(2)20)16-17-19/h3-5,8,10,12,20H,6-7H2,1-2H3. The van der Waals surface area contributed by atoms with Gasteiger partial charge in [0.1, 0.15) is 5.69 Å². The number of aryl methyl sites for hydroxylation is 1. The SMILES string of the molecule is Cc1cc(Cl)ccc1S(=O)(=O)N1CC(n2cc(C(C)O)nn2)C1. The molecule has 1 aliphatic heterocycles. The Labute approximate surface area is 139 Å². The number of aromatic nitrogens is 3. The summed E-state index contributed by atoms with van der Waals surface area (Å²) in [5, 5.41) is 17.8. The molecule has 0 amide bonds. The third-order valence-corrected chi connectivity index (χ3v) is 6.14. The van der Waals surface area contributed by atoms with E-state index < -0.39 is 16.1 Å². The molecule has 124 valence electrons. The summed E-state index contributed by atoms with van der Waals surface area (Å²) in [6, 6.07) is 4.67. The summed E-state index contributed by atoms with van der Waals surface area (Å²) < 4.78 is 28.3. The van der Waals surface area contributed by atoms with Gasteiger partial charge in [-0.05, 0) is 37.6 Å². The molecule has 1 saturated heterocycles. The Balaban J connectivity index is 1.75. The first kappa shape index (κ1) is 16.4. The smallest absolute Gasteiger partial charge is 0.243 e. The lowest BCUT2D eigenvalue weighted by Gasteiger charge is -2.37. The molecule has 0 spiro atoms. The van der Waals surface area contributed by atoms with Crippen LogP contribution >= 0.6 is 11.6 Å². The molecular weight excluding hydrogens is 340 g/mol. The molecular formula is C14H17ClN4O3S. The molecule has 1 aromatic carbocycles. The normalized spacial score (nSPS) is 17.9. The van der Waals surface area contributed by atoms with Gasteiger partial charge in [-0.25, -0.2) is 13.1 Å². The Kier molecular flexibility index (Phi) is 4.18. The molecule has 7 nitrogen and oxygen atoms in total. The van der Waals surface area contributed by atoms with Crippen LogP contribution in [0.5, 0.6) is 0 Å². The number of hydrogen-bond donors (Lipinski definition) is 1. The van der Waals surface area contributed by atoms with E-state index in [-0.39, 0.29) is 10.9 Å². The summed E-state index contributed by atoms with van der Waals surface area (Å²) in [5.41, 5.74) is 1.10. The van der Waals surface area contributed by atoms with E-state index in [1.807, 2.05) is 0 Å². The third kappa shape index (κ3) is 2.99. The Bertz CT molecular complexity index is 828. The molecule has 2 heterocycles. The largest absolute Gasteiger partial charge is 0.387 e. The number of hydrogen-bond acceptors (Lipinski definition) is 5. The molecule has 0 bridgehead atoms. The fourth-order valence-corrected chi connectivity index (χ4v) is 4.43. The van der Waals surface area contributed by atoms with Crippen LogP contribution in [0.4, 0.5) is 0 Å². The van der Waals surface area contributed by atoms with Gasteiger partial charge < -0.3 is 5.11 Å². The van der Waals surface area contributed by atoms with Crippen LogP contribution in [0.3, 0.4) is 0 Å². The number of benzene rings is 1. The summed E-state index contributed by atoms with van der Waals surface area (Å²) in [7, 11) is -3.54. The van der Waals surface area contributed by atoms with Crippen LogP contribution in [-0.4, -0.2) is 45.9 Å². The third-order valence-electron chi connectivity index (χ3n) is 3.91. The van der Waals surface area contributed by atoms with E-state index in [1.54, 1.807) is 36.9 Å². The van der Waals surface area contributed by atoms with Crippen molar-refractivity contribution in [1.29, 1.82) is 0 Å². The molecule has 9 heteroatoms. The molecule has 1 atom stereocenters. The summed E-state index contributed by atoms with van der Waals surface area (Å²) >= 11 is 5.88. The van der Waals surface area contributed by atoms with Gasteiger partial charge in [0.2, 0.25) is 10.0 Å². The van der Waals surface area contributed by atoms with E-state index >= 15 is 0 Å². The number of nitrogens with zero attached hydrogens (tertiary/aromatic N) is 4. The fourth-order valence-electron chi connectivity index (χ4n) is 2.48. The summed E-state index contributed by atoms with van der Waals surface area (Å²) in [4.78, 5) is 0.267. The lowest BCUT2D eigenvalue weighted by atomic mass is 10.2. The summed E-state index contributed by atoms with van der Waals surface area (Å²) in [5.74, 6) is 0. The number of aliphatic hydroxyl groups is 1. The van der Waals surface area contributed by atoms with Crippen LogP contribution in [0.25, 0.3) is 0 Å². The van der Waals surface area contributed by atoms with Crippen molar-refractivity contribution in [2.45, 2.75) is 30.9 Å². The van der Waals surface area contributed by atoms with Crippen molar-refractivity contribution in [3.63, 3.8) is 0 Å². The molecule has 1 N–H and O–H groups in total. The number of aliphatic hydroxyl groups excluding tert-OH is 1. The summed E-state index contributed by atoms with van der Waals surface area (Å²) in [6.07, 6.45) is 0.952. The highest BCUT2D eigenvalue weighted by molar-refractivity contribution is 7.89. The second-order valence-electron chi connectivity index (χ2n) is 5.69. The molecule has 0 aliphatic carbocycles. The van der Waals surface area contributed by atoms with Crippen molar-refractivity contribution >= 4 is 21.6 Å². The molecule has 1 unspecified atom stereocenters. The zero-order valence-electron chi connectivity index (χ0n) is 12.7. The highest BCUT2D eigenvalue weighted by atomic mass is 35.5. The Morgan fingerprint density at radius 2 is 2.09 bits per heavy atom. The minimum Gasteiger partial charge on any atom is -0.387 e. The molecule has 23 heavy (non-hydrogen) atoms. The van der Waals surface area contributed by atoms with Crippen LogP contribution < -0.4 is 0 Å². The second kappa shape index (κ2) is 5.86. The quantitative estimate of drug-likeness (QED) is 0.897. The van der Waals surface area contributed by atoms with Crippen LogP contribution in [-0.2, 0) is 10.0 Å². The van der Waals surface area contributed by atoms with Gasteiger partial charge in [0.25, 0.3) is 0 Å². The minimum atomic E-state index is -3.54. The lowest BCUT2D eigenvalue weighted by molar-refractivity contribution is 0.187. The first-order chi connectivity index (χ1) is 10.8. The molecule has 0 saturated carbocycles. The van der Waals surface area contributed by atoms with Crippen molar-refractivity contribution in [3.8, 4) is 0 Å². The number of halogens is 1. The van der Waals surface area contributed by atoms with Crippen molar-refractivity contribution in [3.05, 3.63) is 40.7 Å². The average Bonchev–Trinajstić information content (AvgIpc) is 2.85. The maximum absolute atomic E-state index is 12.6. The molecule has 3 rings (SSSR count). The lowest BCUT2D eigenvalue weighted by Crippen LogP contribution is -2.50. The first-order valence-corrected chi connectivity index (χ1v) is 8.97. The van der Waals surface area contributed by atoms with Gasteiger partial charge in [-0.15, -0.1) is 5.10 Å². The van der Waals surface area contributed by atoms with E-state index in [0.717, 1.165) is 0 Å². The Morgan fingerprint density at radius 1 is 1.39 bits per heavy atom. The topological polar surface area (TPSA) is 88.3 Å². The summed E-state index contributed by atoms with van der Waals surface area (Å²) in [6.45, 7) is 3.98. The average molecular weight is 357 g/mol. The molecule has 1 fully saturated rings. The van der Waals surface area contributed by atoms with Gasteiger partial charge in [0, 0.05) is 18.1 Å². The zero-order valence-corrected chi connectivity index (χ0v) is 14.3. The van der Waals surface area contributed by atoms with Crippen molar-refractivity contribution in [2.75, 3.05) is 13.1 Å². The Morgan fingerprint density at radius 3 is 2.65 bits per heavy atom. The van der Waals surface area contributed by atoms with Gasteiger partial charge in [0.05, 0.1) is 23.2 Å². The second-order valence-corrected chi connectivity index (χ2v) is 8.03. The predicted molar refractivity (Wildman–Crippen MR) is 84.6 cm³/mol. The van der Waals surface area contributed by atoms with E-state index in [2.05, 4.69) is 10.3 Å². The van der Waals surface area contributed by atoms with Crippen LogP contribution in [0, 0.1) is 6.92 Å². The van der Waals surface area contributed by atoms with Gasteiger partial charge in [0.15, 0.2) is 0 Å². The Hall–Kier alpha value is -1.48. The highest BCUT2D eigenvalue weighted by Gasteiger charge is 2.39. The fraction of sp³-hybridized carbons (Fsp3) is 0.429. The van der Waals surface area contributed by atoms with Crippen molar-refractivity contribution in [2.24, 2.45) is 0 Å². The van der Waals surface area contributed by atoms with Gasteiger partial charge in [-0.3, -0.25) is 0 Å². The molecule has 2 aromatic rings. The maximum atomic E-state index is 12.6. The van der Waals surface area contributed by atoms with E-state index in [0.29, 0.717) is 29.4 Å².